The molecule has 21 heavy (non-hydrogen) atoms. The number of hydrogen-bond donors (Lipinski definition) is 1. The molecule has 110 valence electrons. The molecule has 0 aromatic heterocycles. The molecule has 0 bridgehead atoms. The zero-order chi connectivity index (χ0) is 15.4. The number of anilines is 1. The number of rotatable bonds is 4. The molecule has 0 fully saturated rings. The molecule has 7 heteroatoms. The molecule has 0 aliphatic carbocycles. The topological polar surface area (TPSA) is 38.3 Å². The highest BCUT2D eigenvalue weighted by Gasteiger charge is 2.08. The second-order valence-corrected chi connectivity index (χ2v) is 6.21. The van der Waals surface area contributed by atoms with Gasteiger partial charge in [-0.3, -0.25) is 4.79 Å². The Hall–Kier alpha value is -1.11. The molecule has 0 aliphatic heterocycles. The van der Waals surface area contributed by atoms with Gasteiger partial charge in [-0.2, -0.15) is 0 Å². The lowest BCUT2D eigenvalue weighted by Gasteiger charge is -2.09. The van der Waals surface area contributed by atoms with Gasteiger partial charge in [0.1, 0.15) is 11.6 Å². The number of carbonyl (C=O) groups is 1. The minimum absolute atomic E-state index is 0.0523. The fourth-order valence-electron chi connectivity index (χ4n) is 1.49. The lowest BCUT2D eigenvalue weighted by Crippen LogP contribution is -2.20. The van der Waals surface area contributed by atoms with Crippen LogP contribution in [0.5, 0.6) is 5.75 Å². The largest absolute Gasteiger partial charge is 0.484 e. The molecule has 0 radical (unpaired) electrons. The van der Waals surface area contributed by atoms with Crippen LogP contribution in [0, 0.1) is 5.82 Å². The summed E-state index contributed by atoms with van der Waals surface area (Å²) in [6, 6.07) is 9.28. The first-order valence-corrected chi connectivity index (χ1v) is 7.75. The van der Waals surface area contributed by atoms with E-state index in [1.807, 2.05) is 6.07 Å². The summed E-state index contributed by atoms with van der Waals surface area (Å²) in [6.45, 7) is -0.204. The third-order valence-corrected chi connectivity index (χ3v) is 3.91. The van der Waals surface area contributed by atoms with Crippen molar-refractivity contribution in [1.82, 2.24) is 0 Å². The molecule has 0 atom stereocenters. The number of amides is 1. The quantitative estimate of drug-likeness (QED) is 0.729. The molecule has 3 nitrogen and oxygen atoms in total. The van der Waals surface area contributed by atoms with Crippen molar-refractivity contribution in [1.29, 1.82) is 0 Å². The Labute approximate surface area is 142 Å². The lowest BCUT2D eigenvalue weighted by molar-refractivity contribution is -0.118. The van der Waals surface area contributed by atoms with E-state index in [0.29, 0.717) is 11.4 Å². The van der Waals surface area contributed by atoms with Crippen molar-refractivity contribution in [3.8, 4) is 5.75 Å². The first kappa shape index (κ1) is 16.3. The smallest absolute Gasteiger partial charge is 0.262 e. The molecule has 2 rings (SSSR count). The van der Waals surface area contributed by atoms with Crippen molar-refractivity contribution >= 4 is 55.1 Å². The monoisotopic (exact) mass is 435 g/mol. The van der Waals surface area contributed by atoms with Gasteiger partial charge in [0.2, 0.25) is 0 Å². The van der Waals surface area contributed by atoms with Gasteiger partial charge in [0.05, 0.1) is 10.7 Å². The van der Waals surface area contributed by atoms with Crippen molar-refractivity contribution in [3.05, 3.63) is 56.2 Å². The fourth-order valence-corrected chi connectivity index (χ4v) is 2.81. The van der Waals surface area contributed by atoms with Crippen LogP contribution < -0.4 is 10.1 Å². The number of ether oxygens (including phenoxy) is 1. The Morgan fingerprint density at radius 3 is 2.67 bits per heavy atom. The third kappa shape index (κ3) is 4.69. The summed E-state index contributed by atoms with van der Waals surface area (Å²) in [4.78, 5) is 11.8. The Bertz CT molecular complexity index is 682. The molecule has 1 amide bonds. The zero-order valence-electron chi connectivity index (χ0n) is 10.5. The van der Waals surface area contributed by atoms with Crippen molar-refractivity contribution in [2.75, 3.05) is 11.9 Å². The number of carbonyl (C=O) groups excluding carboxylic acids is 1. The van der Waals surface area contributed by atoms with Crippen LogP contribution in [0.15, 0.2) is 45.3 Å². The standard InChI is InChI=1S/C14H9Br2ClFNO2/c15-8-1-4-13(10(16)5-8)19-14(20)7-21-9-2-3-12(18)11(17)6-9/h1-6H,7H2,(H,19,20). The van der Waals surface area contributed by atoms with Crippen LogP contribution in [0.3, 0.4) is 0 Å². The molecule has 0 saturated heterocycles. The van der Waals surface area contributed by atoms with Gasteiger partial charge in [-0.15, -0.1) is 0 Å². The van der Waals surface area contributed by atoms with E-state index < -0.39 is 5.82 Å². The van der Waals surface area contributed by atoms with Gasteiger partial charge in [-0.25, -0.2) is 4.39 Å². The predicted octanol–water partition coefficient (Wildman–Crippen LogP) is 5.02. The molecular formula is C14H9Br2ClFNO2. The average molecular weight is 437 g/mol. The summed E-state index contributed by atoms with van der Waals surface area (Å²) >= 11 is 12.3. The number of halogens is 4. The first-order chi connectivity index (χ1) is 9.95. The van der Waals surface area contributed by atoms with Gasteiger partial charge >= 0.3 is 0 Å². The molecule has 2 aromatic carbocycles. The van der Waals surface area contributed by atoms with E-state index >= 15 is 0 Å². The molecule has 1 N–H and O–H groups in total. The SMILES string of the molecule is O=C(COc1ccc(F)c(Cl)c1)Nc1ccc(Br)cc1Br. The maximum atomic E-state index is 13.0. The highest BCUT2D eigenvalue weighted by atomic mass is 79.9. The predicted molar refractivity (Wildman–Crippen MR) is 87.4 cm³/mol. The lowest BCUT2D eigenvalue weighted by atomic mass is 10.3. The average Bonchev–Trinajstić information content (AvgIpc) is 2.43. The highest BCUT2D eigenvalue weighted by molar-refractivity contribution is 9.11. The van der Waals surface area contributed by atoms with E-state index in [1.165, 1.54) is 18.2 Å². The van der Waals surface area contributed by atoms with Crippen LogP contribution in [0.4, 0.5) is 10.1 Å². The molecular weight excluding hydrogens is 428 g/mol. The highest BCUT2D eigenvalue weighted by Crippen LogP contribution is 2.26. The zero-order valence-corrected chi connectivity index (χ0v) is 14.4. The fraction of sp³-hybridized carbons (Fsp3) is 0.0714. The van der Waals surface area contributed by atoms with E-state index in [-0.39, 0.29) is 17.5 Å². The molecule has 0 aliphatic rings. The van der Waals surface area contributed by atoms with Crippen molar-refractivity contribution in [3.63, 3.8) is 0 Å². The van der Waals surface area contributed by atoms with Crippen molar-refractivity contribution in [2.24, 2.45) is 0 Å². The van der Waals surface area contributed by atoms with Gasteiger partial charge in [0.15, 0.2) is 6.61 Å². The number of nitrogens with one attached hydrogen (secondary N) is 1. The normalized spacial score (nSPS) is 10.3. The molecule has 0 heterocycles. The van der Waals surface area contributed by atoms with Crippen LogP contribution in [0.1, 0.15) is 0 Å². The minimum Gasteiger partial charge on any atom is -0.484 e. The van der Waals surface area contributed by atoms with Crippen LogP contribution in [-0.2, 0) is 4.79 Å². The van der Waals surface area contributed by atoms with Crippen LogP contribution in [-0.4, -0.2) is 12.5 Å². The van der Waals surface area contributed by atoms with Crippen LogP contribution >= 0.6 is 43.5 Å². The van der Waals surface area contributed by atoms with E-state index in [1.54, 1.807) is 12.1 Å². The van der Waals surface area contributed by atoms with E-state index in [4.69, 9.17) is 16.3 Å². The van der Waals surface area contributed by atoms with Crippen LogP contribution in [0.25, 0.3) is 0 Å². The van der Waals surface area contributed by atoms with Gasteiger partial charge in [0.25, 0.3) is 5.91 Å². The Morgan fingerprint density at radius 1 is 1.24 bits per heavy atom. The number of benzene rings is 2. The first-order valence-electron chi connectivity index (χ1n) is 5.78. The van der Waals surface area contributed by atoms with Gasteiger partial charge in [-0.05, 0) is 46.3 Å². The molecule has 0 unspecified atom stereocenters. The van der Waals surface area contributed by atoms with E-state index in [0.717, 1.165) is 8.95 Å². The summed E-state index contributed by atoms with van der Waals surface area (Å²) in [7, 11) is 0. The second kappa shape index (κ2) is 7.24. The Morgan fingerprint density at radius 2 is 2.00 bits per heavy atom. The summed E-state index contributed by atoms with van der Waals surface area (Å²) in [6.07, 6.45) is 0. The summed E-state index contributed by atoms with van der Waals surface area (Å²) in [5.74, 6) is -0.544. The maximum Gasteiger partial charge on any atom is 0.262 e. The van der Waals surface area contributed by atoms with Crippen molar-refractivity contribution in [2.45, 2.75) is 0 Å². The Kier molecular flexibility index (Phi) is 5.61. The van der Waals surface area contributed by atoms with Crippen molar-refractivity contribution < 1.29 is 13.9 Å². The van der Waals surface area contributed by atoms with E-state index in [9.17, 15) is 9.18 Å². The van der Waals surface area contributed by atoms with E-state index in [2.05, 4.69) is 37.2 Å². The molecule has 2 aromatic rings. The second-order valence-electron chi connectivity index (χ2n) is 4.04. The summed E-state index contributed by atoms with van der Waals surface area (Å²) in [5, 5.41) is 2.64. The molecule has 0 spiro atoms. The molecule has 0 saturated carbocycles. The van der Waals surface area contributed by atoms with Gasteiger partial charge < -0.3 is 10.1 Å². The summed E-state index contributed by atoms with van der Waals surface area (Å²) in [5.41, 5.74) is 0.629. The maximum absolute atomic E-state index is 13.0. The minimum atomic E-state index is -0.535. The Balaban J connectivity index is 1.94. The van der Waals surface area contributed by atoms with Crippen LogP contribution in [0.2, 0.25) is 5.02 Å². The number of hydrogen-bond acceptors (Lipinski definition) is 2. The summed E-state index contributed by atoms with van der Waals surface area (Å²) < 4.78 is 19.9. The third-order valence-electron chi connectivity index (χ3n) is 2.47. The van der Waals surface area contributed by atoms with Gasteiger partial charge in [0, 0.05) is 15.0 Å². The van der Waals surface area contributed by atoms with Gasteiger partial charge in [-0.1, -0.05) is 27.5 Å².